The Morgan fingerprint density at radius 2 is 1.93 bits per heavy atom. The molecule has 10 nitrogen and oxygen atoms in total. The molecule has 0 bridgehead atoms. The van der Waals surface area contributed by atoms with E-state index in [9.17, 15) is 27.6 Å². The van der Waals surface area contributed by atoms with Crippen LogP contribution in [0.1, 0.15) is 55.6 Å². The number of pyridine rings is 1. The summed E-state index contributed by atoms with van der Waals surface area (Å²) < 4.78 is 48.3. The first kappa shape index (κ1) is 32.5. The average molecular weight is 630 g/mol. The summed E-state index contributed by atoms with van der Waals surface area (Å²) in [7, 11) is 1.42. The summed E-state index contributed by atoms with van der Waals surface area (Å²) in [6, 6.07) is 6.42. The van der Waals surface area contributed by atoms with Crippen LogP contribution in [-0.2, 0) is 11.0 Å². The minimum absolute atomic E-state index is 0.0152. The molecule has 3 heterocycles. The Labute approximate surface area is 256 Å². The van der Waals surface area contributed by atoms with Crippen LogP contribution in [0.5, 0.6) is 5.75 Å². The van der Waals surface area contributed by atoms with Crippen LogP contribution in [0.4, 0.5) is 19.0 Å². The normalized spacial score (nSPS) is 14.6. The van der Waals surface area contributed by atoms with Crippen molar-refractivity contribution in [2.75, 3.05) is 38.5 Å². The van der Waals surface area contributed by atoms with Crippen molar-refractivity contribution in [3.63, 3.8) is 0 Å². The maximum atomic E-state index is 13.5. The minimum Gasteiger partial charge on any atom is -0.482 e. The number of aryl methyl sites for hydroxylation is 2. The van der Waals surface area contributed by atoms with Gasteiger partial charge in [-0.3, -0.25) is 14.5 Å². The summed E-state index contributed by atoms with van der Waals surface area (Å²) in [6.07, 6.45) is -2.89. The van der Waals surface area contributed by atoms with Gasteiger partial charge < -0.3 is 15.4 Å². The van der Waals surface area contributed by atoms with E-state index in [-0.39, 0.29) is 35.0 Å². The Hall–Kier alpha value is -4.43. The highest BCUT2D eigenvalue weighted by Crippen LogP contribution is 2.35. The molecule has 3 amide bonds. The first-order chi connectivity index (χ1) is 20.8. The number of amides is 3. The second-order valence-electron chi connectivity index (χ2n) is 10.2. The number of nitrogens with one attached hydrogen (secondary N) is 2. The first-order valence-corrected chi connectivity index (χ1v) is 14.5. The van der Waals surface area contributed by atoms with E-state index in [2.05, 4.69) is 27.2 Å². The standard InChI is InChI=1S/C30H31F3N6O4S/c1-6-25(40)39-11-10-38(14-19(39)4)15-24(22-16-44-29(36-22)30(31,32)33)43-23-12-18(3)20(13-21(23)27(41)34-5)28(42)37-26-17(2)8-7-9-35-26/h6-9,12-13,16,24H,1,10-11,14-15H2,2-5H3,(H-,34,35,37,41,42)/p+1. The number of benzene rings is 1. The molecule has 1 aliphatic heterocycles. The quantitative estimate of drug-likeness (QED) is 0.266. The van der Waals surface area contributed by atoms with Crippen molar-refractivity contribution < 1.29 is 36.9 Å². The molecule has 0 saturated heterocycles. The lowest BCUT2D eigenvalue weighted by Gasteiger charge is -2.29. The number of ether oxygens (including phenoxy) is 1. The fourth-order valence-electron chi connectivity index (χ4n) is 4.75. The van der Waals surface area contributed by atoms with Crippen molar-refractivity contribution in [3.05, 3.63) is 81.5 Å². The summed E-state index contributed by atoms with van der Waals surface area (Å²) in [5, 5.41) is 5.53. The van der Waals surface area contributed by atoms with Gasteiger partial charge in [-0.1, -0.05) is 12.6 Å². The SMILES string of the molecule is C=CC(=O)[N+]1=C(C)CN(CC(Oc2cc(C)c(C(=O)Nc3ncccc3C)cc2C(=O)NC)c2csc(C(F)(F)F)n2)CC1. The highest BCUT2D eigenvalue weighted by Gasteiger charge is 2.37. The molecule has 1 unspecified atom stereocenters. The van der Waals surface area contributed by atoms with Crippen molar-refractivity contribution in [1.82, 2.24) is 20.2 Å². The molecule has 232 valence electrons. The molecule has 0 spiro atoms. The molecule has 0 fully saturated rings. The van der Waals surface area contributed by atoms with Gasteiger partial charge in [0.25, 0.3) is 11.8 Å². The van der Waals surface area contributed by atoms with Gasteiger partial charge in [0.1, 0.15) is 11.6 Å². The molecule has 0 saturated carbocycles. The van der Waals surface area contributed by atoms with Crippen LogP contribution in [0.2, 0.25) is 0 Å². The summed E-state index contributed by atoms with van der Waals surface area (Å²) >= 11 is 0.450. The van der Waals surface area contributed by atoms with Crippen LogP contribution in [0.3, 0.4) is 0 Å². The number of hydrogen-bond donors (Lipinski definition) is 2. The van der Waals surface area contributed by atoms with Crippen LogP contribution >= 0.6 is 11.3 Å². The van der Waals surface area contributed by atoms with Crippen molar-refractivity contribution >= 4 is 40.6 Å². The molecule has 2 aromatic heterocycles. The third-order valence-corrected chi connectivity index (χ3v) is 7.97. The van der Waals surface area contributed by atoms with Crippen LogP contribution < -0.4 is 15.4 Å². The third-order valence-electron chi connectivity index (χ3n) is 7.07. The first-order valence-electron chi connectivity index (χ1n) is 13.6. The number of aromatic nitrogens is 2. The molecule has 1 aromatic carbocycles. The maximum absolute atomic E-state index is 13.5. The third kappa shape index (κ3) is 7.37. The molecule has 44 heavy (non-hydrogen) atoms. The fourth-order valence-corrected chi connectivity index (χ4v) is 5.48. The molecule has 3 aromatic rings. The van der Waals surface area contributed by atoms with Gasteiger partial charge in [0.15, 0.2) is 23.4 Å². The number of hydrogen-bond acceptors (Lipinski definition) is 8. The largest absolute Gasteiger partial charge is 0.482 e. The average Bonchev–Trinajstić information content (AvgIpc) is 3.49. The number of rotatable bonds is 9. The topological polar surface area (TPSA) is 117 Å². The van der Waals surface area contributed by atoms with E-state index in [1.165, 1.54) is 30.6 Å². The highest BCUT2D eigenvalue weighted by molar-refractivity contribution is 7.09. The lowest BCUT2D eigenvalue weighted by molar-refractivity contribution is -0.451. The Bertz CT molecular complexity index is 1630. The molecule has 0 aliphatic carbocycles. The molecule has 4 rings (SSSR count). The van der Waals surface area contributed by atoms with Crippen LogP contribution in [0, 0.1) is 13.8 Å². The number of nitrogens with zero attached hydrogens (tertiary/aromatic N) is 4. The molecule has 1 aliphatic rings. The van der Waals surface area contributed by atoms with E-state index in [0.29, 0.717) is 42.4 Å². The van der Waals surface area contributed by atoms with Crippen molar-refractivity contribution in [2.45, 2.75) is 33.1 Å². The van der Waals surface area contributed by atoms with E-state index in [0.717, 1.165) is 11.3 Å². The van der Waals surface area contributed by atoms with E-state index in [4.69, 9.17) is 4.74 Å². The number of alkyl halides is 3. The molecule has 1 atom stereocenters. The van der Waals surface area contributed by atoms with Crippen LogP contribution in [-0.4, -0.2) is 76.1 Å². The van der Waals surface area contributed by atoms with Crippen molar-refractivity contribution in [2.24, 2.45) is 0 Å². The Morgan fingerprint density at radius 3 is 2.55 bits per heavy atom. The predicted octanol–water partition coefficient (Wildman–Crippen LogP) is 4.41. The lowest BCUT2D eigenvalue weighted by atomic mass is 10.0. The Balaban J connectivity index is 1.70. The molecular formula is C30H32F3N6O4S+. The van der Waals surface area contributed by atoms with Gasteiger partial charge in [-0.2, -0.15) is 17.7 Å². The monoisotopic (exact) mass is 629 g/mol. The zero-order valence-corrected chi connectivity index (χ0v) is 25.4. The Kier molecular flexibility index (Phi) is 9.95. The molecular weight excluding hydrogens is 597 g/mol. The van der Waals surface area contributed by atoms with Gasteiger partial charge in [0.05, 0.1) is 24.3 Å². The van der Waals surface area contributed by atoms with E-state index >= 15 is 0 Å². The second kappa shape index (κ2) is 13.5. The Morgan fingerprint density at radius 1 is 1.18 bits per heavy atom. The highest BCUT2D eigenvalue weighted by atomic mass is 32.1. The van der Waals surface area contributed by atoms with Gasteiger partial charge in [0.2, 0.25) is 0 Å². The summed E-state index contributed by atoms with van der Waals surface area (Å²) in [6.45, 7) is 10.0. The van der Waals surface area contributed by atoms with Crippen molar-refractivity contribution in [1.29, 1.82) is 0 Å². The summed E-state index contributed by atoms with van der Waals surface area (Å²) in [5.74, 6) is -0.858. The van der Waals surface area contributed by atoms with Gasteiger partial charge >= 0.3 is 12.1 Å². The van der Waals surface area contributed by atoms with Gasteiger partial charge in [0, 0.05) is 43.7 Å². The minimum atomic E-state index is -4.64. The van der Waals surface area contributed by atoms with Gasteiger partial charge in [-0.15, -0.1) is 11.3 Å². The smallest absolute Gasteiger partial charge is 0.443 e. The number of anilines is 1. The number of carbonyl (C=O) groups excluding carboxylic acids is 3. The zero-order chi connectivity index (χ0) is 32.2. The lowest BCUT2D eigenvalue weighted by Crippen LogP contribution is -2.47. The number of thiazole rings is 1. The van der Waals surface area contributed by atoms with Gasteiger partial charge in [-0.25, -0.2) is 14.8 Å². The molecule has 14 heteroatoms. The van der Waals surface area contributed by atoms with Gasteiger partial charge in [-0.05, 0) is 43.2 Å². The fraction of sp³-hybridized carbons (Fsp3) is 0.333. The number of carbonyl (C=O) groups is 3. The van der Waals surface area contributed by atoms with Crippen LogP contribution in [0.15, 0.2) is 48.5 Å². The van der Waals surface area contributed by atoms with E-state index < -0.39 is 29.1 Å². The predicted molar refractivity (Wildman–Crippen MR) is 159 cm³/mol. The summed E-state index contributed by atoms with van der Waals surface area (Å²) in [4.78, 5) is 48.3. The zero-order valence-electron chi connectivity index (χ0n) is 24.6. The summed E-state index contributed by atoms with van der Waals surface area (Å²) in [5.41, 5.74) is 2.20. The second-order valence-corrected chi connectivity index (χ2v) is 11.1. The van der Waals surface area contributed by atoms with E-state index in [1.54, 1.807) is 43.7 Å². The van der Waals surface area contributed by atoms with Crippen LogP contribution in [0.25, 0.3) is 0 Å². The molecule has 2 N–H and O–H groups in total. The van der Waals surface area contributed by atoms with Crippen molar-refractivity contribution in [3.8, 4) is 5.75 Å². The van der Waals surface area contributed by atoms with E-state index in [1.807, 2.05) is 4.90 Å². The number of halogens is 3. The maximum Gasteiger partial charge on any atom is 0.443 e. The molecule has 0 radical (unpaired) electrons.